The minimum atomic E-state index is -0.516. The third kappa shape index (κ3) is 3.83. The van der Waals surface area contributed by atoms with Crippen molar-refractivity contribution in [2.75, 3.05) is 0 Å². The fraction of sp³-hybridized carbons (Fsp3) is 0.423. The monoisotopic (exact) mass is 462 g/mol. The summed E-state index contributed by atoms with van der Waals surface area (Å²) >= 11 is 5.75. The maximum Gasteiger partial charge on any atom is 0.232 e. The average molecular weight is 463 g/mol. The van der Waals surface area contributed by atoms with Crippen LogP contribution in [0.4, 0.5) is 0 Å². The molecule has 0 saturated carbocycles. The zero-order valence-electron chi connectivity index (χ0n) is 19.0. The van der Waals surface area contributed by atoms with Crippen molar-refractivity contribution in [3.63, 3.8) is 0 Å². The van der Waals surface area contributed by atoms with Gasteiger partial charge in [-0.2, -0.15) is 0 Å². The number of aliphatic hydroxyl groups excluding tert-OH is 1. The van der Waals surface area contributed by atoms with Crippen LogP contribution in [0.5, 0.6) is 0 Å². The number of aryl methyl sites for hydroxylation is 1. The molecule has 0 aromatic heterocycles. The van der Waals surface area contributed by atoms with E-state index in [1.807, 2.05) is 44.2 Å². The van der Waals surface area contributed by atoms with Gasteiger partial charge in [0, 0.05) is 12.0 Å². The van der Waals surface area contributed by atoms with Crippen molar-refractivity contribution < 1.29 is 9.90 Å². The molecular formula is C26H30N4O2S. The molecule has 4 atom stereocenters. The number of carbonyl (C=O) groups is 1. The Bertz CT molecular complexity index is 1160. The summed E-state index contributed by atoms with van der Waals surface area (Å²) in [5.74, 6) is 0.340. The molecule has 0 spiro atoms. The molecule has 6 nitrogen and oxygen atoms in total. The average Bonchev–Trinajstić information content (AvgIpc) is 3.33. The van der Waals surface area contributed by atoms with Gasteiger partial charge in [-0.1, -0.05) is 55.5 Å². The number of hydrogen-bond donors (Lipinski definition) is 3. The molecule has 0 saturated heterocycles. The van der Waals surface area contributed by atoms with E-state index in [0.29, 0.717) is 23.8 Å². The maximum absolute atomic E-state index is 13.1. The number of nitrogens with zero attached hydrogens (tertiary/aromatic N) is 2. The van der Waals surface area contributed by atoms with Crippen molar-refractivity contribution >= 4 is 29.1 Å². The van der Waals surface area contributed by atoms with Gasteiger partial charge in [-0.25, -0.2) is 4.99 Å². The highest BCUT2D eigenvalue weighted by Gasteiger charge is 2.40. The van der Waals surface area contributed by atoms with E-state index in [2.05, 4.69) is 22.4 Å². The minimum absolute atomic E-state index is 0.0292. The summed E-state index contributed by atoms with van der Waals surface area (Å²) in [4.78, 5) is 20.0. The van der Waals surface area contributed by atoms with E-state index < -0.39 is 11.6 Å². The predicted molar refractivity (Wildman–Crippen MR) is 133 cm³/mol. The Kier molecular flexibility index (Phi) is 5.49. The molecule has 33 heavy (non-hydrogen) atoms. The van der Waals surface area contributed by atoms with Gasteiger partial charge in [-0.3, -0.25) is 9.69 Å². The number of rotatable bonds is 4. The Labute approximate surface area is 199 Å². The summed E-state index contributed by atoms with van der Waals surface area (Å²) in [6, 6.07) is 13.9. The number of aliphatic imine (C=N–C) groups is 1. The van der Waals surface area contributed by atoms with Crippen molar-refractivity contribution in [1.29, 1.82) is 0 Å². The van der Waals surface area contributed by atoms with Crippen LogP contribution in [0, 0.1) is 0 Å². The van der Waals surface area contributed by atoms with E-state index in [1.54, 1.807) is 4.90 Å². The second kappa shape index (κ2) is 8.22. The predicted octanol–water partition coefficient (Wildman–Crippen LogP) is 3.31. The standard InChI is InChI=1S/C26H30N4O2S/c1-3-26(2)14-22(32)30(25(27)29-26)20-11-10-15-8-9-17(12-19(15)20)24(33)28-23-18-7-5-4-6-16(18)13-21(23)31/h4-9,12,20-21,23,31H,3,10-11,13-14H2,1-2H3,(H2,27,29)(H,28,33)/t20-,21-,23-,26-/m1/s1. The van der Waals surface area contributed by atoms with E-state index in [0.717, 1.165) is 41.5 Å². The van der Waals surface area contributed by atoms with Crippen molar-refractivity contribution in [3.8, 4) is 0 Å². The van der Waals surface area contributed by atoms with Gasteiger partial charge in [0.2, 0.25) is 5.91 Å². The largest absolute Gasteiger partial charge is 0.390 e. The summed E-state index contributed by atoms with van der Waals surface area (Å²) in [5, 5.41) is 14.0. The third-order valence-corrected chi connectivity index (χ3v) is 7.80. The number of guanidine groups is 1. The van der Waals surface area contributed by atoms with Gasteiger partial charge >= 0.3 is 0 Å². The fourth-order valence-electron chi connectivity index (χ4n) is 5.41. The van der Waals surface area contributed by atoms with Gasteiger partial charge in [-0.05, 0) is 54.5 Å². The summed E-state index contributed by atoms with van der Waals surface area (Å²) in [7, 11) is 0. The quantitative estimate of drug-likeness (QED) is 0.607. The molecule has 0 fully saturated rings. The highest BCUT2D eigenvalue weighted by molar-refractivity contribution is 7.80. The zero-order chi connectivity index (χ0) is 23.3. The molecule has 1 heterocycles. The summed E-state index contributed by atoms with van der Waals surface area (Å²) in [6.45, 7) is 4.01. The van der Waals surface area contributed by atoms with Crippen LogP contribution >= 0.6 is 12.2 Å². The lowest BCUT2D eigenvalue weighted by Gasteiger charge is -2.37. The maximum atomic E-state index is 13.1. The second-order valence-electron chi connectivity index (χ2n) is 9.65. The Morgan fingerprint density at radius 2 is 2.06 bits per heavy atom. The second-order valence-corrected chi connectivity index (χ2v) is 10.1. The first-order valence-electron chi connectivity index (χ1n) is 11.7. The van der Waals surface area contributed by atoms with Crippen molar-refractivity contribution in [3.05, 3.63) is 70.3 Å². The van der Waals surface area contributed by atoms with Crippen molar-refractivity contribution in [2.45, 2.75) is 69.7 Å². The summed E-state index contributed by atoms with van der Waals surface area (Å²) in [6.07, 6.45) is 2.95. The van der Waals surface area contributed by atoms with E-state index in [4.69, 9.17) is 18.0 Å². The molecule has 172 valence electrons. The highest BCUT2D eigenvalue weighted by Crippen LogP contribution is 2.39. The molecule has 2 aliphatic carbocycles. The Morgan fingerprint density at radius 1 is 1.27 bits per heavy atom. The topological polar surface area (TPSA) is 91.0 Å². The number of fused-ring (bicyclic) bond motifs is 2. The van der Waals surface area contributed by atoms with Crippen LogP contribution in [0.2, 0.25) is 0 Å². The smallest absolute Gasteiger partial charge is 0.232 e. The lowest BCUT2D eigenvalue weighted by molar-refractivity contribution is -0.131. The molecule has 7 heteroatoms. The molecule has 0 radical (unpaired) electrons. The third-order valence-electron chi connectivity index (χ3n) is 7.45. The van der Waals surface area contributed by atoms with Gasteiger partial charge in [0.15, 0.2) is 5.96 Å². The van der Waals surface area contributed by atoms with Crippen LogP contribution < -0.4 is 11.1 Å². The molecule has 3 aliphatic rings. The molecule has 1 aliphatic heterocycles. The van der Waals surface area contributed by atoms with Crippen LogP contribution in [0.1, 0.15) is 73.0 Å². The zero-order valence-corrected chi connectivity index (χ0v) is 19.9. The van der Waals surface area contributed by atoms with E-state index in [1.165, 1.54) is 5.56 Å². The van der Waals surface area contributed by atoms with Crippen LogP contribution in [0.3, 0.4) is 0 Å². The normalized spacial score (nSPS) is 28.3. The molecular weight excluding hydrogens is 432 g/mol. The molecule has 0 unspecified atom stereocenters. The molecule has 1 amide bonds. The van der Waals surface area contributed by atoms with Crippen LogP contribution in [0.25, 0.3) is 0 Å². The van der Waals surface area contributed by atoms with E-state index in [-0.39, 0.29) is 18.0 Å². The lowest BCUT2D eigenvalue weighted by atomic mass is 9.92. The van der Waals surface area contributed by atoms with Crippen molar-refractivity contribution in [1.82, 2.24) is 10.2 Å². The van der Waals surface area contributed by atoms with Gasteiger partial charge < -0.3 is 16.2 Å². The number of hydrogen-bond acceptors (Lipinski definition) is 5. The Balaban J connectivity index is 1.40. The summed E-state index contributed by atoms with van der Waals surface area (Å²) in [5.41, 5.74) is 11.3. The van der Waals surface area contributed by atoms with E-state index >= 15 is 0 Å². The van der Waals surface area contributed by atoms with Gasteiger partial charge in [-0.15, -0.1) is 0 Å². The number of thiocarbonyl (C=S) groups is 1. The number of aliphatic hydroxyl groups is 1. The van der Waals surface area contributed by atoms with E-state index in [9.17, 15) is 9.90 Å². The molecule has 2 aromatic rings. The first kappa shape index (κ1) is 22.0. The highest BCUT2D eigenvalue weighted by atomic mass is 32.1. The molecule has 2 aromatic carbocycles. The summed E-state index contributed by atoms with van der Waals surface area (Å²) < 4.78 is 0. The number of carbonyl (C=O) groups excluding carboxylic acids is 1. The number of benzene rings is 2. The Hall–Kier alpha value is -2.77. The van der Waals surface area contributed by atoms with Gasteiger partial charge in [0.05, 0.1) is 30.1 Å². The minimum Gasteiger partial charge on any atom is -0.390 e. The number of amides is 1. The lowest BCUT2D eigenvalue weighted by Crippen LogP contribution is -2.51. The van der Waals surface area contributed by atoms with Gasteiger partial charge in [0.1, 0.15) is 4.99 Å². The fourth-order valence-corrected chi connectivity index (χ4v) is 5.66. The first-order chi connectivity index (χ1) is 15.8. The first-order valence-corrected chi connectivity index (χ1v) is 12.1. The number of nitrogens with two attached hydrogens (primary N) is 1. The van der Waals surface area contributed by atoms with Crippen LogP contribution in [-0.2, 0) is 17.6 Å². The van der Waals surface area contributed by atoms with Crippen LogP contribution in [0.15, 0.2) is 47.5 Å². The molecule has 4 N–H and O–H groups in total. The Morgan fingerprint density at radius 3 is 2.82 bits per heavy atom. The van der Waals surface area contributed by atoms with Gasteiger partial charge in [0.25, 0.3) is 0 Å². The van der Waals surface area contributed by atoms with Crippen LogP contribution in [-0.4, -0.2) is 38.5 Å². The molecule has 0 bridgehead atoms. The SMILES string of the molecule is CC[C@]1(C)CC(=O)N([C@@H]2CCc3ccc(C(=S)N[C@@H]4c5ccccc5C[C@H]4O)cc32)C(N)=N1. The molecule has 5 rings (SSSR count). The number of nitrogens with one attached hydrogen (secondary N) is 1. The van der Waals surface area contributed by atoms with Crippen molar-refractivity contribution in [2.24, 2.45) is 10.7 Å².